The lowest BCUT2D eigenvalue weighted by atomic mass is 10.1. The summed E-state index contributed by atoms with van der Waals surface area (Å²) in [6.07, 6.45) is 4.65. The molecule has 6 heteroatoms. The molecule has 4 nitrogen and oxygen atoms in total. The second kappa shape index (κ2) is 5.99. The lowest BCUT2D eigenvalue weighted by Crippen LogP contribution is -2.26. The summed E-state index contributed by atoms with van der Waals surface area (Å²) in [7, 11) is 0. The minimum Gasteiger partial charge on any atom is -0.350 e. The van der Waals surface area contributed by atoms with E-state index in [1.165, 1.54) is 24.7 Å². The largest absolute Gasteiger partial charge is 0.350 e. The maximum Gasteiger partial charge on any atom is 0.271 e. The van der Waals surface area contributed by atoms with Crippen LogP contribution in [0.25, 0.3) is 0 Å². The zero-order chi connectivity index (χ0) is 13.7. The standard InChI is InChI=1S/C13H11F2N3O/c14-10-2-1-9(7-11(10)15)3-4-18-13(19)12-8-16-5-6-17-12/h1-2,5-8H,3-4H2,(H,18,19). The first-order valence-electron chi connectivity index (χ1n) is 5.65. The number of carbonyl (C=O) groups is 1. The van der Waals surface area contributed by atoms with Crippen molar-refractivity contribution in [3.8, 4) is 0 Å². The number of nitrogens with one attached hydrogen (secondary N) is 1. The second-order valence-electron chi connectivity index (χ2n) is 3.85. The molecule has 1 aromatic carbocycles. The third kappa shape index (κ3) is 3.54. The van der Waals surface area contributed by atoms with Crippen molar-refractivity contribution in [1.29, 1.82) is 0 Å². The Morgan fingerprint density at radius 2 is 2.05 bits per heavy atom. The van der Waals surface area contributed by atoms with Crippen LogP contribution in [-0.2, 0) is 6.42 Å². The first-order valence-corrected chi connectivity index (χ1v) is 5.65. The van der Waals surface area contributed by atoms with Crippen LogP contribution >= 0.6 is 0 Å². The van der Waals surface area contributed by atoms with Gasteiger partial charge in [0.25, 0.3) is 5.91 Å². The lowest BCUT2D eigenvalue weighted by molar-refractivity contribution is 0.0948. The van der Waals surface area contributed by atoms with E-state index in [9.17, 15) is 13.6 Å². The van der Waals surface area contributed by atoms with Crippen LogP contribution in [0.4, 0.5) is 8.78 Å². The van der Waals surface area contributed by atoms with Crippen molar-refractivity contribution in [2.45, 2.75) is 6.42 Å². The van der Waals surface area contributed by atoms with Crippen LogP contribution in [0.15, 0.2) is 36.8 Å². The van der Waals surface area contributed by atoms with E-state index in [1.807, 2.05) is 0 Å². The van der Waals surface area contributed by atoms with Crippen molar-refractivity contribution in [2.24, 2.45) is 0 Å². The number of hydrogen-bond acceptors (Lipinski definition) is 3. The average molecular weight is 263 g/mol. The minimum atomic E-state index is -0.891. The first kappa shape index (κ1) is 13.1. The molecule has 1 heterocycles. The second-order valence-corrected chi connectivity index (χ2v) is 3.85. The van der Waals surface area contributed by atoms with Crippen LogP contribution in [0, 0.1) is 11.6 Å². The molecule has 0 unspecified atom stereocenters. The van der Waals surface area contributed by atoms with Gasteiger partial charge in [0.15, 0.2) is 11.6 Å². The van der Waals surface area contributed by atoms with E-state index in [0.717, 1.165) is 12.1 Å². The zero-order valence-electron chi connectivity index (χ0n) is 9.94. The van der Waals surface area contributed by atoms with Gasteiger partial charge in [-0.25, -0.2) is 13.8 Å². The van der Waals surface area contributed by atoms with Gasteiger partial charge in [0.1, 0.15) is 5.69 Å². The van der Waals surface area contributed by atoms with Crippen molar-refractivity contribution < 1.29 is 13.6 Å². The highest BCUT2D eigenvalue weighted by atomic mass is 19.2. The SMILES string of the molecule is O=C(NCCc1ccc(F)c(F)c1)c1cnccn1. The third-order valence-electron chi connectivity index (χ3n) is 2.48. The van der Waals surface area contributed by atoms with E-state index in [1.54, 1.807) is 0 Å². The van der Waals surface area contributed by atoms with Gasteiger partial charge in [-0.05, 0) is 24.1 Å². The topological polar surface area (TPSA) is 54.9 Å². The summed E-state index contributed by atoms with van der Waals surface area (Å²) in [6.45, 7) is 0.306. The van der Waals surface area contributed by atoms with Crippen molar-refractivity contribution in [1.82, 2.24) is 15.3 Å². The molecule has 0 fully saturated rings. The molecule has 0 spiro atoms. The number of rotatable bonds is 4. The quantitative estimate of drug-likeness (QED) is 0.914. The molecule has 1 amide bonds. The Balaban J connectivity index is 1.87. The Bertz CT molecular complexity index is 575. The number of hydrogen-bond donors (Lipinski definition) is 1. The predicted octanol–water partition coefficient (Wildman–Crippen LogP) is 1.73. The number of aromatic nitrogens is 2. The minimum absolute atomic E-state index is 0.216. The van der Waals surface area contributed by atoms with Gasteiger partial charge < -0.3 is 5.32 Å². The molecule has 0 saturated carbocycles. The van der Waals surface area contributed by atoms with E-state index in [4.69, 9.17) is 0 Å². The van der Waals surface area contributed by atoms with Gasteiger partial charge in [-0.15, -0.1) is 0 Å². The van der Waals surface area contributed by atoms with Crippen LogP contribution < -0.4 is 5.32 Å². The average Bonchev–Trinajstić information content (AvgIpc) is 2.43. The summed E-state index contributed by atoms with van der Waals surface area (Å²) >= 11 is 0. The molecule has 0 aliphatic carbocycles. The molecule has 0 aliphatic heterocycles. The van der Waals surface area contributed by atoms with Gasteiger partial charge in [0.05, 0.1) is 6.20 Å². The van der Waals surface area contributed by atoms with E-state index >= 15 is 0 Å². The highest BCUT2D eigenvalue weighted by molar-refractivity contribution is 5.91. The maximum absolute atomic E-state index is 12.9. The van der Waals surface area contributed by atoms with Crippen molar-refractivity contribution in [3.63, 3.8) is 0 Å². The molecule has 19 heavy (non-hydrogen) atoms. The lowest BCUT2D eigenvalue weighted by Gasteiger charge is -2.05. The van der Waals surface area contributed by atoms with Crippen LogP contribution in [0.3, 0.4) is 0 Å². The third-order valence-corrected chi connectivity index (χ3v) is 2.48. The van der Waals surface area contributed by atoms with Crippen LogP contribution in [-0.4, -0.2) is 22.4 Å². The highest BCUT2D eigenvalue weighted by Crippen LogP contribution is 2.08. The number of benzene rings is 1. The molecule has 98 valence electrons. The van der Waals surface area contributed by atoms with E-state index in [-0.39, 0.29) is 11.6 Å². The van der Waals surface area contributed by atoms with Crippen molar-refractivity contribution in [3.05, 3.63) is 59.7 Å². The summed E-state index contributed by atoms with van der Waals surface area (Å²) in [5.74, 6) is -2.12. The number of carbonyl (C=O) groups excluding carboxylic acids is 1. The molecule has 0 radical (unpaired) electrons. The normalized spacial score (nSPS) is 10.2. The Morgan fingerprint density at radius 3 is 2.74 bits per heavy atom. The van der Waals surface area contributed by atoms with Crippen LogP contribution in [0.1, 0.15) is 16.1 Å². The first-order chi connectivity index (χ1) is 9.16. The summed E-state index contributed by atoms with van der Waals surface area (Å²) in [6, 6.07) is 3.66. The number of amides is 1. The van der Waals surface area contributed by atoms with Gasteiger partial charge >= 0.3 is 0 Å². The fourth-order valence-corrected chi connectivity index (χ4v) is 1.52. The highest BCUT2D eigenvalue weighted by Gasteiger charge is 2.06. The maximum atomic E-state index is 12.9. The summed E-state index contributed by atoms with van der Waals surface area (Å²) in [4.78, 5) is 19.2. The molecule has 1 aromatic heterocycles. The molecule has 0 atom stereocenters. The molecule has 1 N–H and O–H groups in total. The van der Waals surface area contributed by atoms with E-state index in [0.29, 0.717) is 18.5 Å². The van der Waals surface area contributed by atoms with Crippen LogP contribution in [0.2, 0.25) is 0 Å². The molecular formula is C13H11F2N3O. The Morgan fingerprint density at radius 1 is 1.21 bits per heavy atom. The Kier molecular flexibility index (Phi) is 4.12. The van der Waals surface area contributed by atoms with Gasteiger partial charge in [0.2, 0.25) is 0 Å². The van der Waals surface area contributed by atoms with Gasteiger partial charge in [-0.3, -0.25) is 9.78 Å². The molecule has 2 aromatic rings. The summed E-state index contributed by atoms with van der Waals surface area (Å²) in [5, 5.41) is 2.62. The molecule has 0 aliphatic rings. The molecule has 2 rings (SSSR count). The zero-order valence-corrected chi connectivity index (χ0v) is 9.94. The summed E-state index contributed by atoms with van der Waals surface area (Å²) < 4.78 is 25.7. The van der Waals surface area contributed by atoms with Gasteiger partial charge in [-0.1, -0.05) is 6.07 Å². The van der Waals surface area contributed by atoms with E-state index in [2.05, 4.69) is 15.3 Å². The Hall–Kier alpha value is -2.37. The van der Waals surface area contributed by atoms with Crippen molar-refractivity contribution in [2.75, 3.05) is 6.54 Å². The van der Waals surface area contributed by atoms with Crippen LogP contribution in [0.5, 0.6) is 0 Å². The summed E-state index contributed by atoms with van der Waals surface area (Å²) in [5.41, 5.74) is 0.825. The number of nitrogens with zero attached hydrogens (tertiary/aromatic N) is 2. The Labute approximate surface area is 108 Å². The molecular weight excluding hydrogens is 252 g/mol. The van der Waals surface area contributed by atoms with Gasteiger partial charge in [-0.2, -0.15) is 0 Å². The fraction of sp³-hybridized carbons (Fsp3) is 0.154. The molecule has 0 saturated heterocycles. The monoisotopic (exact) mass is 263 g/mol. The number of halogens is 2. The fourth-order valence-electron chi connectivity index (χ4n) is 1.52. The van der Waals surface area contributed by atoms with Crippen molar-refractivity contribution >= 4 is 5.91 Å². The smallest absolute Gasteiger partial charge is 0.271 e. The predicted molar refractivity (Wildman–Crippen MR) is 64.4 cm³/mol. The van der Waals surface area contributed by atoms with Gasteiger partial charge in [0, 0.05) is 18.9 Å². The van der Waals surface area contributed by atoms with E-state index < -0.39 is 11.6 Å². The molecule has 0 bridgehead atoms.